The van der Waals surface area contributed by atoms with Crippen molar-refractivity contribution in [3.05, 3.63) is 29.8 Å². The highest BCUT2D eigenvalue weighted by molar-refractivity contribution is 5.78. The third kappa shape index (κ3) is 4.14. The summed E-state index contributed by atoms with van der Waals surface area (Å²) in [5, 5.41) is 16.7. The van der Waals surface area contributed by atoms with Crippen LogP contribution in [-0.4, -0.2) is 54.6 Å². The van der Waals surface area contributed by atoms with E-state index in [4.69, 9.17) is 9.47 Å². The van der Waals surface area contributed by atoms with Gasteiger partial charge in [0, 0.05) is 6.42 Å². The van der Waals surface area contributed by atoms with E-state index < -0.39 is 11.6 Å². The van der Waals surface area contributed by atoms with Gasteiger partial charge in [0.2, 0.25) is 0 Å². The number of amides is 1. The van der Waals surface area contributed by atoms with Crippen LogP contribution in [0.1, 0.15) is 31.7 Å². The van der Waals surface area contributed by atoms with E-state index in [2.05, 4.69) is 10.6 Å². The van der Waals surface area contributed by atoms with Crippen LogP contribution in [-0.2, 0) is 9.53 Å². The Morgan fingerprint density at radius 2 is 2.12 bits per heavy atom. The van der Waals surface area contributed by atoms with Gasteiger partial charge < -0.3 is 25.2 Å². The molecular formula is C19H28N2O4. The largest absolute Gasteiger partial charge is 0.484 e. The van der Waals surface area contributed by atoms with Gasteiger partial charge in [0.05, 0.1) is 17.7 Å². The molecule has 0 radical (unpaired) electrons. The van der Waals surface area contributed by atoms with E-state index in [1.807, 2.05) is 38.1 Å². The summed E-state index contributed by atoms with van der Waals surface area (Å²) >= 11 is 0. The molecule has 1 aromatic carbocycles. The van der Waals surface area contributed by atoms with Gasteiger partial charge in [-0.25, -0.2) is 0 Å². The Labute approximate surface area is 148 Å². The third-order valence-electron chi connectivity index (χ3n) is 5.36. The molecule has 25 heavy (non-hydrogen) atoms. The van der Waals surface area contributed by atoms with Crippen LogP contribution in [0.4, 0.5) is 0 Å². The summed E-state index contributed by atoms with van der Waals surface area (Å²) in [7, 11) is 0. The number of hydrogen-bond acceptors (Lipinski definition) is 5. The second-order valence-electron chi connectivity index (χ2n) is 7.46. The molecular weight excluding hydrogens is 320 g/mol. The van der Waals surface area contributed by atoms with E-state index in [1.165, 1.54) is 0 Å². The molecule has 1 amide bonds. The number of rotatable bonds is 4. The second-order valence-corrected chi connectivity index (χ2v) is 7.46. The molecule has 1 spiro atoms. The molecule has 0 saturated carbocycles. The molecule has 3 N–H and O–H groups in total. The van der Waals surface area contributed by atoms with Crippen molar-refractivity contribution in [3.63, 3.8) is 0 Å². The molecule has 2 atom stereocenters. The lowest BCUT2D eigenvalue weighted by Crippen LogP contribution is -2.66. The van der Waals surface area contributed by atoms with Gasteiger partial charge in [0.25, 0.3) is 5.91 Å². The highest BCUT2D eigenvalue weighted by atomic mass is 16.5. The first-order valence-corrected chi connectivity index (χ1v) is 8.95. The van der Waals surface area contributed by atoms with E-state index >= 15 is 0 Å². The van der Waals surface area contributed by atoms with Crippen LogP contribution < -0.4 is 15.4 Å². The molecule has 6 nitrogen and oxygen atoms in total. The first-order chi connectivity index (χ1) is 11.9. The van der Waals surface area contributed by atoms with Gasteiger partial charge in [-0.2, -0.15) is 0 Å². The number of aryl methyl sites for hydroxylation is 1. The number of para-hydroxylation sites is 1. The van der Waals surface area contributed by atoms with Gasteiger partial charge in [-0.1, -0.05) is 18.2 Å². The maximum Gasteiger partial charge on any atom is 0.258 e. The lowest BCUT2D eigenvalue weighted by molar-refractivity contribution is -0.174. The number of aliphatic hydroxyl groups is 1. The van der Waals surface area contributed by atoms with Gasteiger partial charge in [0.1, 0.15) is 11.9 Å². The quantitative estimate of drug-likeness (QED) is 0.761. The fraction of sp³-hybridized carbons (Fsp3) is 0.632. The number of nitrogens with one attached hydrogen (secondary N) is 2. The van der Waals surface area contributed by atoms with Gasteiger partial charge in [-0.05, 0) is 51.4 Å². The third-order valence-corrected chi connectivity index (χ3v) is 5.36. The van der Waals surface area contributed by atoms with Crippen LogP contribution in [0, 0.1) is 6.92 Å². The first-order valence-electron chi connectivity index (χ1n) is 8.95. The molecule has 2 aliphatic rings. The molecule has 2 heterocycles. The van der Waals surface area contributed by atoms with Crippen molar-refractivity contribution in [3.8, 4) is 5.75 Å². The number of aliphatic hydroxyl groups excluding tert-OH is 1. The summed E-state index contributed by atoms with van der Waals surface area (Å²) in [6.07, 6.45) is 1.67. The van der Waals surface area contributed by atoms with Crippen molar-refractivity contribution >= 4 is 5.91 Å². The maximum absolute atomic E-state index is 12.4. The molecule has 6 heteroatoms. The first kappa shape index (κ1) is 18.2. The summed E-state index contributed by atoms with van der Waals surface area (Å²) in [4.78, 5) is 12.4. The Bertz CT molecular complexity index is 615. The average Bonchev–Trinajstić information content (AvgIpc) is 2.59. The topological polar surface area (TPSA) is 79.8 Å². The predicted octanol–water partition coefficient (Wildman–Crippen LogP) is 1.15. The standard InChI is InChI=1S/C19H28N2O4/c1-14-5-3-4-6-15(14)24-12-17(23)21-18(2)13-19(25-11-16(18)22)7-9-20-10-8-19/h3-6,16,20,22H,7-13H2,1-2H3,(H,21,23)/t16-,18-/m0/s1. The van der Waals surface area contributed by atoms with Crippen molar-refractivity contribution in [2.24, 2.45) is 0 Å². The predicted molar refractivity (Wildman–Crippen MR) is 94.6 cm³/mol. The Hall–Kier alpha value is -1.63. The molecule has 2 saturated heterocycles. The number of carbonyl (C=O) groups is 1. The average molecular weight is 348 g/mol. The zero-order chi connectivity index (χ0) is 17.9. The summed E-state index contributed by atoms with van der Waals surface area (Å²) in [6, 6.07) is 7.60. The highest BCUT2D eigenvalue weighted by Gasteiger charge is 2.49. The molecule has 2 fully saturated rings. The summed E-state index contributed by atoms with van der Waals surface area (Å²) in [5.41, 5.74) is 0.0202. The lowest BCUT2D eigenvalue weighted by atomic mass is 9.75. The number of piperidine rings is 1. The molecule has 3 rings (SSSR count). The zero-order valence-electron chi connectivity index (χ0n) is 15.0. The van der Waals surface area contributed by atoms with E-state index in [1.54, 1.807) is 0 Å². The Kier molecular flexibility index (Phi) is 5.32. The van der Waals surface area contributed by atoms with Crippen molar-refractivity contribution < 1.29 is 19.4 Å². The van der Waals surface area contributed by atoms with Crippen LogP contribution in [0.25, 0.3) is 0 Å². The smallest absolute Gasteiger partial charge is 0.258 e. The summed E-state index contributed by atoms with van der Waals surface area (Å²) in [6.45, 7) is 5.82. The minimum atomic E-state index is -0.726. The SMILES string of the molecule is Cc1ccccc1OCC(=O)N[C@@]1(C)CC2(CCNCC2)OC[C@@H]1O. The van der Waals surface area contributed by atoms with E-state index in [0.29, 0.717) is 12.2 Å². The molecule has 138 valence electrons. The van der Waals surface area contributed by atoms with Crippen LogP contribution in [0.15, 0.2) is 24.3 Å². The van der Waals surface area contributed by atoms with Crippen LogP contribution in [0.2, 0.25) is 0 Å². The van der Waals surface area contributed by atoms with Crippen LogP contribution in [0.3, 0.4) is 0 Å². The van der Waals surface area contributed by atoms with Crippen LogP contribution in [0.5, 0.6) is 5.75 Å². The molecule has 2 aliphatic heterocycles. The Morgan fingerprint density at radius 1 is 1.40 bits per heavy atom. The van der Waals surface area contributed by atoms with Crippen molar-refractivity contribution in [1.29, 1.82) is 0 Å². The number of carbonyl (C=O) groups excluding carboxylic acids is 1. The van der Waals surface area contributed by atoms with Crippen molar-refractivity contribution in [2.45, 2.75) is 50.4 Å². The minimum absolute atomic E-state index is 0.0669. The van der Waals surface area contributed by atoms with Gasteiger partial charge in [-0.15, -0.1) is 0 Å². The highest BCUT2D eigenvalue weighted by Crippen LogP contribution is 2.38. The maximum atomic E-state index is 12.4. The van der Waals surface area contributed by atoms with E-state index in [0.717, 1.165) is 31.5 Å². The fourth-order valence-corrected chi connectivity index (χ4v) is 3.82. The summed E-state index contributed by atoms with van der Waals surface area (Å²) in [5.74, 6) is 0.473. The molecule has 0 unspecified atom stereocenters. The fourth-order valence-electron chi connectivity index (χ4n) is 3.82. The van der Waals surface area contributed by atoms with Gasteiger partial charge in [0.15, 0.2) is 6.61 Å². The van der Waals surface area contributed by atoms with Crippen LogP contribution >= 0.6 is 0 Å². The molecule has 0 aromatic heterocycles. The summed E-state index contributed by atoms with van der Waals surface area (Å²) < 4.78 is 11.6. The van der Waals surface area contributed by atoms with Crippen molar-refractivity contribution in [2.75, 3.05) is 26.3 Å². The molecule has 1 aromatic rings. The Balaban J connectivity index is 1.61. The van der Waals surface area contributed by atoms with Gasteiger partial charge in [-0.3, -0.25) is 4.79 Å². The van der Waals surface area contributed by atoms with E-state index in [-0.39, 0.29) is 24.7 Å². The van der Waals surface area contributed by atoms with Crippen molar-refractivity contribution in [1.82, 2.24) is 10.6 Å². The second kappa shape index (κ2) is 7.32. The number of hydrogen-bond donors (Lipinski definition) is 3. The Morgan fingerprint density at radius 3 is 2.84 bits per heavy atom. The lowest BCUT2D eigenvalue weighted by Gasteiger charge is -2.50. The molecule has 0 aliphatic carbocycles. The zero-order valence-corrected chi connectivity index (χ0v) is 15.0. The monoisotopic (exact) mass is 348 g/mol. The van der Waals surface area contributed by atoms with Gasteiger partial charge >= 0.3 is 0 Å². The number of ether oxygens (including phenoxy) is 2. The molecule has 0 bridgehead atoms. The normalized spacial score (nSPS) is 28.5. The number of benzene rings is 1. The minimum Gasteiger partial charge on any atom is -0.484 e. The van der Waals surface area contributed by atoms with E-state index in [9.17, 15) is 9.90 Å².